The molecule has 0 spiro atoms. The van der Waals surface area contributed by atoms with Gasteiger partial charge < -0.3 is 15.1 Å². The second-order valence-electron chi connectivity index (χ2n) is 5.51. The van der Waals surface area contributed by atoms with Gasteiger partial charge in [-0.15, -0.1) is 0 Å². The standard InChI is InChI=1S/C17H16Cl2FN3O/c18-12-2-1-3-14(10-12)22-6-8-23(9-7-22)17(24)21-16-5-4-13(19)11-15(16)20/h1-5,10-11H,6-9H2,(H,21,24). The Morgan fingerprint density at radius 3 is 2.38 bits per heavy atom. The Hall–Kier alpha value is -1.98. The van der Waals surface area contributed by atoms with Crippen molar-refractivity contribution in [3.63, 3.8) is 0 Å². The number of nitrogens with zero attached hydrogens (tertiary/aromatic N) is 2. The lowest BCUT2D eigenvalue weighted by Gasteiger charge is -2.36. The molecule has 2 amide bonds. The predicted molar refractivity (Wildman–Crippen MR) is 95.7 cm³/mol. The summed E-state index contributed by atoms with van der Waals surface area (Å²) in [5.41, 5.74) is 1.16. The smallest absolute Gasteiger partial charge is 0.322 e. The largest absolute Gasteiger partial charge is 0.368 e. The topological polar surface area (TPSA) is 35.6 Å². The third kappa shape index (κ3) is 3.91. The van der Waals surface area contributed by atoms with E-state index in [0.29, 0.717) is 36.2 Å². The van der Waals surface area contributed by atoms with Gasteiger partial charge in [0.15, 0.2) is 0 Å². The number of benzene rings is 2. The molecule has 1 N–H and O–H groups in total. The van der Waals surface area contributed by atoms with Crippen LogP contribution in [0, 0.1) is 5.82 Å². The van der Waals surface area contributed by atoms with E-state index >= 15 is 0 Å². The van der Waals surface area contributed by atoms with Crippen molar-refractivity contribution in [3.05, 3.63) is 58.3 Å². The zero-order valence-electron chi connectivity index (χ0n) is 12.8. The molecule has 0 aromatic heterocycles. The van der Waals surface area contributed by atoms with E-state index in [-0.39, 0.29) is 11.7 Å². The summed E-state index contributed by atoms with van der Waals surface area (Å²) in [5, 5.41) is 3.56. The van der Waals surface area contributed by atoms with Gasteiger partial charge in [-0.2, -0.15) is 0 Å². The van der Waals surface area contributed by atoms with Gasteiger partial charge in [-0.25, -0.2) is 9.18 Å². The van der Waals surface area contributed by atoms with Gasteiger partial charge in [0.25, 0.3) is 0 Å². The monoisotopic (exact) mass is 367 g/mol. The number of carbonyl (C=O) groups excluding carboxylic acids is 1. The van der Waals surface area contributed by atoms with Crippen molar-refractivity contribution in [3.8, 4) is 0 Å². The number of hydrogen-bond acceptors (Lipinski definition) is 2. The van der Waals surface area contributed by atoms with Crippen LogP contribution in [0.1, 0.15) is 0 Å². The summed E-state index contributed by atoms with van der Waals surface area (Å²) in [6.45, 7) is 2.48. The minimum Gasteiger partial charge on any atom is -0.368 e. The maximum absolute atomic E-state index is 13.8. The molecule has 2 aromatic carbocycles. The van der Waals surface area contributed by atoms with Gasteiger partial charge in [0.2, 0.25) is 0 Å². The first-order valence-corrected chi connectivity index (χ1v) is 8.30. The second-order valence-corrected chi connectivity index (χ2v) is 6.38. The van der Waals surface area contributed by atoms with Gasteiger partial charge in [0.05, 0.1) is 5.69 Å². The zero-order chi connectivity index (χ0) is 17.1. The quantitative estimate of drug-likeness (QED) is 0.848. The fourth-order valence-corrected chi connectivity index (χ4v) is 2.97. The summed E-state index contributed by atoms with van der Waals surface area (Å²) in [6, 6.07) is 11.5. The molecular formula is C17H16Cl2FN3O. The van der Waals surface area contributed by atoms with E-state index in [1.165, 1.54) is 18.2 Å². The van der Waals surface area contributed by atoms with E-state index in [9.17, 15) is 9.18 Å². The molecule has 3 rings (SSSR count). The van der Waals surface area contributed by atoms with Crippen molar-refractivity contribution in [2.24, 2.45) is 0 Å². The average molecular weight is 368 g/mol. The fraction of sp³-hybridized carbons (Fsp3) is 0.235. The van der Waals surface area contributed by atoms with Crippen molar-refractivity contribution in [2.75, 3.05) is 36.4 Å². The Bertz CT molecular complexity index is 748. The first-order chi connectivity index (χ1) is 11.5. The summed E-state index contributed by atoms with van der Waals surface area (Å²) in [7, 11) is 0. The molecule has 126 valence electrons. The molecule has 7 heteroatoms. The van der Waals surface area contributed by atoms with E-state index in [1.807, 2.05) is 24.3 Å². The first-order valence-electron chi connectivity index (χ1n) is 7.54. The molecule has 0 atom stereocenters. The zero-order valence-corrected chi connectivity index (χ0v) is 14.3. The highest BCUT2D eigenvalue weighted by molar-refractivity contribution is 6.31. The number of hydrogen-bond donors (Lipinski definition) is 1. The summed E-state index contributed by atoms with van der Waals surface area (Å²) in [4.78, 5) is 16.1. The van der Waals surface area contributed by atoms with Crippen LogP contribution in [-0.2, 0) is 0 Å². The minimum atomic E-state index is -0.548. The molecule has 0 saturated carbocycles. The predicted octanol–water partition coefficient (Wildman–Crippen LogP) is 4.49. The Kier molecular flexibility index (Phi) is 5.11. The summed E-state index contributed by atoms with van der Waals surface area (Å²) >= 11 is 11.7. The number of nitrogens with one attached hydrogen (secondary N) is 1. The van der Waals surface area contributed by atoms with Crippen molar-refractivity contribution in [2.45, 2.75) is 0 Å². The Morgan fingerprint density at radius 1 is 1.00 bits per heavy atom. The normalized spacial score (nSPS) is 14.6. The maximum Gasteiger partial charge on any atom is 0.322 e. The molecule has 1 aliphatic heterocycles. The van der Waals surface area contributed by atoms with Gasteiger partial charge >= 0.3 is 6.03 Å². The lowest BCUT2D eigenvalue weighted by atomic mass is 10.2. The van der Waals surface area contributed by atoms with Crippen LogP contribution in [-0.4, -0.2) is 37.1 Å². The molecule has 0 bridgehead atoms. The van der Waals surface area contributed by atoms with Gasteiger partial charge in [-0.1, -0.05) is 29.3 Å². The maximum atomic E-state index is 13.8. The number of rotatable bonds is 2. The SMILES string of the molecule is O=C(Nc1ccc(Cl)cc1F)N1CCN(c2cccc(Cl)c2)CC1. The van der Waals surface area contributed by atoms with E-state index < -0.39 is 5.82 Å². The van der Waals surface area contributed by atoms with Crippen LogP contribution in [0.2, 0.25) is 10.0 Å². The molecule has 1 saturated heterocycles. The second kappa shape index (κ2) is 7.28. The minimum absolute atomic E-state index is 0.127. The molecule has 1 aliphatic rings. The van der Waals surface area contributed by atoms with Gasteiger partial charge in [-0.3, -0.25) is 0 Å². The molecule has 2 aromatic rings. The molecular weight excluding hydrogens is 352 g/mol. The Morgan fingerprint density at radius 2 is 1.71 bits per heavy atom. The van der Waals surface area contributed by atoms with Crippen molar-refractivity contribution in [1.29, 1.82) is 0 Å². The lowest BCUT2D eigenvalue weighted by Crippen LogP contribution is -2.50. The molecule has 24 heavy (non-hydrogen) atoms. The lowest BCUT2D eigenvalue weighted by molar-refractivity contribution is 0.208. The molecule has 0 aliphatic carbocycles. The highest BCUT2D eigenvalue weighted by Gasteiger charge is 2.22. The summed E-state index contributed by atoms with van der Waals surface area (Å²) in [5.74, 6) is -0.548. The van der Waals surface area contributed by atoms with E-state index in [0.717, 1.165) is 5.69 Å². The Labute approximate surface area is 149 Å². The highest BCUT2D eigenvalue weighted by atomic mass is 35.5. The third-order valence-corrected chi connectivity index (χ3v) is 4.38. The van der Waals surface area contributed by atoms with Crippen LogP contribution in [0.25, 0.3) is 0 Å². The van der Waals surface area contributed by atoms with Crippen LogP contribution in [0.15, 0.2) is 42.5 Å². The molecule has 0 radical (unpaired) electrons. The number of carbonyl (C=O) groups is 1. The van der Waals surface area contributed by atoms with Crippen LogP contribution in [0.3, 0.4) is 0 Å². The van der Waals surface area contributed by atoms with Gasteiger partial charge in [0, 0.05) is 41.9 Å². The first kappa shape index (κ1) is 16.9. The van der Waals surface area contributed by atoms with Crippen LogP contribution in [0.4, 0.5) is 20.6 Å². The number of halogens is 3. The molecule has 0 unspecified atom stereocenters. The van der Waals surface area contributed by atoms with Crippen LogP contribution in [0.5, 0.6) is 0 Å². The van der Waals surface area contributed by atoms with Crippen molar-refractivity contribution < 1.29 is 9.18 Å². The number of amides is 2. The molecule has 4 nitrogen and oxygen atoms in total. The van der Waals surface area contributed by atoms with Gasteiger partial charge in [0.1, 0.15) is 5.82 Å². The van der Waals surface area contributed by atoms with E-state index in [4.69, 9.17) is 23.2 Å². The van der Waals surface area contributed by atoms with Gasteiger partial charge in [-0.05, 0) is 36.4 Å². The number of anilines is 2. The average Bonchev–Trinajstić information content (AvgIpc) is 2.57. The van der Waals surface area contributed by atoms with E-state index in [1.54, 1.807) is 4.90 Å². The molecule has 1 fully saturated rings. The highest BCUT2D eigenvalue weighted by Crippen LogP contribution is 2.22. The fourth-order valence-electron chi connectivity index (χ4n) is 2.63. The van der Waals surface area contributed by atoms with Crippen molar-refractivity contribution in [1.82, 2.24) is 4.90 Å². The van der Waals surface area contributed by atoms with Crippen LogP contribution < -0.4 is 10.2 Å². The van der Waals surface area contributed by atoms with E-state index in [2.05, 4.69) is 10.2 Å². The summed E-state index contributed by atoms with van der Waals surface area (Å²) in [6.07, 6.45) is 0. The Balaban J connectivity index is 1.59. The molecule has 1 heterocycles. The number of piperazine rings is 1. The van der Waals surface area contributed by atoms with Crippen molar-refractivity contribution >= 4 is 40.6 Å². The third-order valence-electron chi connectivity index (χ3n) is 3.91. The summed E-state index contributed by atoms with van der Waals surface area (Å²) < 4.78 is 13.8. The van der Waals surface area contributed by atoms with Crippen LogP contribution >= 0.6 is 23.2 Å². The number of urea groups is 1.